The average molecular weight is 433 g/mol. The summed E-state index contributed by atoms with van der Waals surface area (Å²) >= 11 is 7.64. The summed E-state index contributed by atoms with van der Waals surface area (Å²) in [5.74, 6) is 0. The number of nitrogens with one attached hydrogen (secondary N) is 2. The van der Waals surface area contributed by atoms with Crippen LogP contribution in [0.2, 0.25) is 5.02 Å². The van der Waals surface area contributed by atoms with Crippen LogP contribution < -0.4 is 10.6 Å². The molecule has 1 heterocycles. The largest absolute Gasteiger partial charge is 0.338 e. The van der Waals surface area contributed by atoms with E-state index in [2.05, 4.69) is 32.6 Å². The first-order chi connectivity index (χ1) is 14.1. The van der Waals surface area contributed by atoms with Gasteiger partial charge in [0.05, 0.1) is 0 Å². The Kier molecular flexibility index (Phi) is 8.68. The molecule has 0 aliphatic carbocycles. The predicted octanol–water partition coefficient (Wildman–Crippen LogP) is 4.39. The summed E-state index contributed by atoms with van der Waals surface area (Å²) in [6, 6.07) is 15.8. The van der Waals surface area contributed by atoms with Crippen molar-refractivity contribution >= 4 is 35.1 Å². The Hall–Kier alpha value is -1.73. The van der Waals surface area contributed by atoms with Crippen LogP contribution in [0.25, 0.3) is 0 Å². The van der Waals surface area contributed by atoms with Gasteiger partial charge in [-0.25, -0.2) is 4.79 Å². The number of piperazine rings is 1. The average Bonchev–Trinajstić information content (AvgIpc) is 2.74. The van der Waals surface area contributed by atoms with Crippen LogP contribution in [0, 0.1) is 0 Å². The van der Waals surface area contributed by atoms with Crippen LogP contribution in [0.1, 0.15) is 12.0 Å². The van der Waals surface area contributed by atoms with Crippen molar-refractivity contribution in [2.24, 2.45) is 0 Å². The summed E-state index contributed by atoms with van der Waals surface area (Å²) in [6.45, 7) is 6.95. The molecule has 3 rings (SSSR count). The van der Waals surface area contributed by atoms with Gasteiger partial charge in [-0.2, -0.15) is 0 Å². The van der Waals surface area contributed by atoms with Gasteiger partial charge in [0.2, 0.25) is 0 Å². The summed E-state index contributed by atoms with van der Waals surface area (Å²) in [4.78, 5) is 18.1. The lowest BCUT2D eigenvalue weighted by atomic mass is 10.2. The smallest absolute Gasteiger partial charge is 0.319 e. The van der Waals surface area contributed by atoms with Gasteiger partial charge in [0.1, 0.15) is 0 Å². The second-order valence-corrected chi connectivity index (χ2v) is 8.52. The van der Waals surface area contributed by atoms with E-state index in [4.69, 9.17) is 11.6 Å². The Morgan fingerprint density at radius 3 is 2.31 bits per heavy atom. The van der Waals surface area contributed by atoms with Crippen LogP contribution >= 0.6 is 23.4 Å². The first kappa shape index (κ1) is 22.0. The summed E-state index contributed by atoms with van der Waals surface area (Å²) in [5.41, 5.74) is 2.12. The van der Waals surface area contributed by atoms with Crippen molar-refractivity contribution < 1.29 is 4.79 Å². The summed E-state index contributed by atoms with van der Waals surface area (Å²) in [5, 5.41) is 6.60. The monoisotopic (exact) mass is 432 g/mol. The van der Waals surface area contributed by atoms with Gasteiger partial charge in [-0.15, -0.1) is 11.8 Å². The van der Waals surface area contributed by atoms with Gasteiger partial charge < -0.3 is 15.5 Å². The lowest BCUT2D eigenvalue weighted by Gasteiger charge is -2.34. The van der Waals surface area contributed by atoms with Crippen molar-refractivity contribution in [3.63, 3.8) is 0 Å². The fraction of sp³-hybridized carbons (Fsp3) is 0.409. The van der Waals surface area contributed by atoms with Crippen LogP contribution in [-0.2, 0) is 6.54 Å². The highest BCUT2D eigenvalue weighted by molar-refractivity contribution is 7.98. The van der Waals surface area contributed by atoms with Crippen LogP contribution in [-0.4, -0.2) is 61.4 Å². The van der Waals surface area contributed by atoms with Crippen LogP contribution in [0.15, 0.2) is 53.4 Å². The molecule has 5 nitrogen and oxygen atoms in total. The van der Waals surface area contributed by atoms with Crippen molar-refractivity contribution in [3.8, 4) is 0 Å². The molecule has 0 radical (unpaired) electrons. The van der Waals surface area contributed by atoms with Crippen molar-refractivity contribution in [2.75, 3.05) is 50.8 Å². The van der Waals surface area contributed by atoms with Crippen molar-refractivity contribution in [1.82, 2.24) is 15.1 Å². The molecular weight excluding hydrogens is 404 g/mol. The Labute approximate surface area is 182 Å². The van der Waals surface area contributed by atoms with E-state index in [1.54, 1.807) is 11.8 Å². The zero-order chi connectivity index (χ0) is 20.5. The number of hydrogen-bond donors (Lipinski definition) is 2. The Balaban J connectivity index is 1.27. The first-order valence-corrected chi connectivity index (χ1v) is 11.6. The van der Waals surface area contributed by atoms with E-state index < -0.39 is 0 Å². The molecule has 0 spiro atoms. The number of thioether (sulfide) groups is 1. The minimum Gasteiger partial charge on any atom is -0.338 e. The zero-order valence-corrected chi connectivity index (χ0v) is 18.4. The highest BCUT2D eigenvalue weighted by atomic mass is 35.5. The Morgan fingerprint density at radius 2 is 1.66 bits per heavy atom. The molecule has 0 unspecified atom stereocenters. The number of amides is 2. The van der Waals surface area contributed by atoms with E-state index in [9.17, 15) is 4.79 Å². The van der Waals surface area contributed by atoms with Gasteiger partial charge in [-0.3, -0.25) is 4.90 Å². The summed E-state index contributed by atoms with van der Waals surface area (Å²) in [6.07, 6.45) is 2.99. The first-order valence-electron chi connectivity index (χ1n) is 10.0. The number of carbonyl (C=O) groups is 1. The molecule has 7 heteroatoms. The quantitative estimate of drug-likeness (QED) is 0.479. The maximum atomic E-state index is 12.0. The van der Waals surface area contributed by atoms with E-state index in [0.717, 1.165) is 56.4 Å². The topological polar surface area (TPSA) is 47.6 Å². The summed E-state index contributed by atoms with van der Waals surface area (Å²) in [7, 11) is 0. The molecule has 0 saturated carbocycles. The van der Waals surface area contributed by atoms with E-state index in [1.807, 2.05) is 42.7 Å². The number of urea groups is 1. The van der Waals surface area contributed by atoms with Crippen LogP contribution in [0.5, 0.6) is 0 Å². The number of anilines is 1. The van der Waals surface area contributed by atoms with Crippen LogP contribution in [0.4, 0.5) is 10.5 Å². The molecule has 1 aliphatic heterocycles. The maximum Gasteiger partial charge on any atom is 0.319 e. The molecule has 2 aromatic carbocycles. The van der Waals surface area contributed by atoms with E-state index in [0.29, 0.717) is 6.54 Å². The lowest BCUT2D eigenvalue weighted by Crippen LogP contribution is -2.46. The molecule has 2 N–H and O–H groups in total. The number of hydrogen-bond acceptors (Lipinski definition) is 4. The third kappa shape index (κ3) is 7.55. The zero-order valence-electron chi connectivity index (χ0n) is 16.9. The SMILES string of the molecule is CSc1ccc(NC(=O)NCCCN2CCN(Cc3ccc(Cl)cc3)CC2)cc1. The molecule has 1 fully saturated rings. The minimum absolute atomic E-state index is 0.144. The molecule has 0 aromatic heterocycles. The number of benzene rings is 2. The third-order valence-electron chi connectivity index (χ3n) is 5.07. The highest BCUT2D eigenvalue weighted by Crippen LogP contribution is 2.17. The van der Waals surface area contributed by atoms with Crippen molar-refractivity contribution in [2.45, 2.75) is 17.9 Å². The Bertz CT molecular complexity index is 761. The lowest BCUT2D eigenvalue weighted by molar-refractivity contribution is 0.126. The Morgan fingerprint density at radius 1 is 1.00 bits per heavy atom. The van der Waals surface area contributed by atoms with Gasteiger partial charge in [0, 0.05) is 54.9 Å². The molecule has 0 atom stereocenters. The molecule has 1 aliphatic rings. The van der Waals surface area contributed by atoms with E-state index >= 15 is 0 Å². The van der Waals surface area contributed by atoms with Crippen LogP contribution in [0.3, 0.4) is 0 Å². The van der Waals surface area contributed by atoms with Crippen molar-refractivity contribution in [1.29, 1.82) is 0 Å². The fourth-order valence-electron chi connectivity index (χ4n) is 3.37. The minimum atomic E-state index is -0.144. The molecule has 156 valence electrons. The van der Waals surface area contributed by atoms with E-state index in [1.165, 1.54) is 10.5 Å². The van der Waals surface area contributed by atoms with Gasteiger partial charge in [0.15, 0.2) is 0 Å². The van der Waals surface area contributed by atoms with E-state index in [-0.39, 0.29) is 6.03 Å². The number of carbonyl (C=O) groups excluding carboxylic acids is 1. The van der Waals surface area contributed by atoms with Gasteiger partial charge in [0.25, 0.3) is 0 Å². The molecule has 2 amide bonds. The number of nitrogens with zero attached hydrogens (tertiary/aromatic N) is 2. The standard InChI is InChI=1S/C22H29ClN4OS/c1-29-21-9-7-20(8-10-21)25-22(28)24-11-2-12-26-13-15-27(16-14-26)17-18-3-5-19(23)6-4-18/h3-10H,2,11-17H2,1H3,(H2,24,25,28). The van der Waals surface area contributed by atoms with Gasteiger partial charge in [-0.05, 0) is 61.2 Å². The highest BCUT2D eigenvalue weighted by Gasteiger charge is 2.16. The van der Waals surface area contributed by atoms with Crippen molar-refractivity contribution in [3.05, 3.63) is 59.1 Å². The number of halogens is 1. The maximum absolute atomic E-state index is 12.0. The number of rotatable bonds is 8. The van der Waals surface area contributed by atoms with Gasteiger partial charge >= 0.3 is 6.03 Å². The molecule has 2 aromatic rings. The molecule has 0 bridgehead atoms. The second-order valence-electron chi connectivity index (χ2n) is 7.21. The third-order valence-corrected chi connectivity index (χ3v) is 6.06. The second kappa shape index (κ2) is 11.5. The summed E-state index contributed by atoms with van der Waals surface area (Å²) < 4.78 is 0. The fourth-order valence-corrected chi connectivity index (χ4v) is 3.91. The molecule has 1 saturated heterocycles. The van der Waals surface area contributed by atoms with Gasteiger partial charge in [-0.1, -0.05) is 23.7 Å². The molecular formula is C22H29ClN4OS. The predicted molar refractivity (Wildman–Crippen MR) is 123 cm³/mol. The molecule has 29 heavy (non-hydrogen) atoms. The normalized spacial score (nSPS) is 15.2.